The Bertz CT molecular complexity index is 1210. The van der Waals surface area contributed by atoms with Gasteiger partial charge in [0.1, 0.15) is 5.75 Å². The molecule has 0 radical (unpaired) electrons. The molecule has 3 aromatic rings. The lowest BCUT2D eigenvalue weighted by Gasteiger charge is -2.36. The average Bonchev–Trinajstić information content (AvgIpc) is 2.91. The van der Waals surface area contributed by atoms with Crippen molar-refractivity contribution in [2.45, 2.75) is 40.2 Å². The van der Waals surface area contributed by atoms with Gasteiger partial charge >= 0.3 is 0 Å². The van der Waals surface area contributed by atoms with E-state index < -0.39 is 16.0 Å². The van der Waals surface area contributed by atoms with E-state index in [1.807, 2.05) is 54.6 Å². The number of nitrogens with one attached hydrogen (secondary N) is 1. The number of carbonyl (C=O) groups excluding carboxylic acids is 1. The van der Waals surface area contributed by atoms with Crippen molar-refractivity contribution in [3.63, 3.8) is 0 Å². The number of hydrogen-bond donors (Lipinski definition) is 2. The highest BCUT2D eigenvalue weighted by Gasteiger charge is 2.33. The summed E-state index contributed by atoms with van der Waals surface area (Å²) >= 11 is 18.8. The second-order valence-corrected chi connectivity index (χ2v) is 11.7. The van der Waals surface area contributed by atoms with Crippen LogP contribution < -0.4 is 10.1 Å². The number of anilines is 1. The predicted molar refractivity (Wildman–Crippen MR) is 148 cm³/mol. The van der Waals surface area contributed by atoms with Crippen molar-refractivity contribution in [3.8, 4) is 5.75 Å². The molecular weight excluding hydrogens is 557 g/mol. The molecule has 3 atom stereocenters. The Morgan fingerprint density at radius 2 is 1.81 bits per heavy atom. The summed E-state index contributed by atoms with van der Waals surface area (Å²) < 4.78 is 16.2. The van der Waals surface area contributed by atoms with E-state index in [0.717, 1.165) is 21.8 Å². The van der Waals surface area contributed by atoms with E-state index in [1.54, 1.807) is 37.1 Å². The molecule has 0 saturated carbocycles. The summed E-state index contributed by atoms with van der Waals surface area (Å²) in [5, 5.41) is 12.0. The van der Waals surface area contributed by atoms with Crippen molar-refractivity contribution in [1.82, 2.24) is 0 Å². The number of amides is 1. The number of aliphatic hydroxyl groups excluding tert-OH is 1. The van der Waals surface area contributed by atoms with Crippen LogP contribution in [0.15, 0.2) is 77.7 Å². The van der Waals surface area contributed by atoms with Gasteiger partial charge in [0.2, 0.25) is 0 Å². The van der Waals surface area contributed by atoms with Crippen molar-refractivity contribution in [2.24, 2.45) is 0 Å². The first kappa shape index (κ1) is 28.0. The summed E-state index contributed by atoms with van der Waals surface area (Å²) in [6.45, 7) is -0.0254. The van der Waals surface area contributed by atoms with Crippen LogP contribution in [0.25, 0.3) is 0 Å². The van der Waals surface area contributed by atoms with Gasteiger partial charge in [-0.05, 0) is 35.4 Å². The Labute approximate surface area is 235 Å². The zero-order valence-electron chi connectivity index (χ0n) is 19.9. The van der Waals surface area contributed by atoms with Crippen molar-refractivity contribution >= 4 is 58.2 Å². The van der Waals surface area contributed by atoms with Crippen LogP contribution in [0.5, 0.6) is 5.75 Å². The maximum atomic E-state index is 12.1. The molecule has 10 heteroatoms. The number of carbonyl (C=O) groups is 1. The summed E-state index contributed by atoms with van der Waals surface area (Å²) in [4.78, 5) is 13.2. The number of hydrogen-bond acceptors (Lipinski definition) is 6. The number of aliphatic hydroxyl groups is 1. The molecule has 3 unspecified atom stereocenters. The van der Waals surface area contributed by atoms with Crippen LogP contribution in [-0.4, -0.2) is 33.8 Å². The summed E-state index contributed by atoms with van der Waals surface area (Å²) in [7, 11) is 1.65. The minimum atomic E-state index is -2.08. The van der Waals surface area contributed by atoms with Crippen LogP contribution in [0, 0.1) is 0 Å². The molecule has 1 saturated heterocycles. The van der Waals surface area contributed by atoms with Gasteiger partial charge in [-0.15, -0.1) is 11.8 Å². The molecule has 196 valence electrons. The highest BCUT2D eigenvalue weighted by atomic mass is 35.6. The van der Waals surface area contributed by atoms with Crippen LogP contribution in [0.3, 0.4) is 0 Å². The SMILES string of the molecule is COc1ccccc1SCC1CC(c2ccc(CO)cc2)OC(c2cccc(NC(=O)C(Cl)(Cl)Cl)c2)O1. The van der Waals surface area contributed by atoms with E-state index in [1.165, 1.54) is 0 Å². The molecule has 37 heavy (non-hydrogen) atoms. The van der Waals surface area contributed by atoms with Gasteiger partial charge in [-0.25, -0.2) is 0 Å². The van der Waals surface area contributed by atoms with Crippen LogP contribution in [0.4, 0.5) is 5.69 Å². The Balaban J connectivity index is 1.56. The first-order valence-corrected chi connectivity index (χ1v) is 13.6. The normalized spacial score (nSPS) is 19.9. The molecular formula is C27H26Cl3NO5S. The fourth-order valence-electron chi connectivity index (χ4n) is 3.91. The Hall–Kier alpha value is -1.97. The van der Waals surface area contributed by atoms with E-state index in [2.05, 4.69) is 5.32 Å². The van der Waals surface area contributed by atoms with Gasteiger partial charge in [-0.3, -0.25) is 4.79 Å². The van der Waals surface area contributed by atoms with E-state index in [4.69, 9.17) is 49.0 Å². The lowest BCUT2D eigenvalue weighted by molar-refractivity contribution is -0.245. The van der Waals surface area contributed by atoms with E-state index >= 15 is 0 Å². The predicted octanol–water partition coefficient (Wildman–Crippen LogP) is 6.83. The maximum absolute atomic E-state index is 12.1. The highest BCUT2D eigenvalue weighted by Crippen LogP contribution is 2.41. The van der Waals surface area contributed by atoms with Gasteiger partial charge in [-0.1, -0.05) is 83.3 Å². The van der Waals surface area contributed by atoms with Gasteiger partial charge < -0.3 is 24.6 Å². The Morgan fingerprint density at radius 3 is 2.51 bits per heavy atom. The Kier molecular flexibility index (Phi) is 9.64. The minimum Gasteiger partial charge on any atom is -0.496 e. The molecule has 1 amide bonds. The number of methoxy groups -OCH3 is 1. The molecule has 1 heterocycles. The molecule has 4 rings (SSSR count). The van der Waals surface area contributed by atoms with Crippen molar-refractivity contribution in [2.75, 3.05) is 18.2 Å². The van der Waals surface area contributed by atoms with E-state index in [9.17, 15) is 9.90 Å². The number of halogens is 3. The standard InChI is InChI=1S/C27H26Cl3NO5S/c1-34-22-7-2-3-8-24(22)37-16-21-14-23(18-11-9-17(15-32)10-12-18)36-25(35-21)19-5-4-6-20(13-19)31-26(33)27(28,29)30/h2-13,21,23,25,32H,14-16H2,1H3,(H,31,33). The fraction of sp³-hybridized carbons (Fsp3) is 0.296. The Morgan fingerprint density at radius 1 is 1.05 bits per heavy atom. The summed E-state index contributed by atoms with van der Waals surface area (Å²) in [6, 6.07) is 22.6. The third-order valence-corrected chi connectivity index (χ3v) is 7.48. The summed E-state index contributed by atoms with van der Waals surface area (Å²) in [5.41, 5.74) is 2.98. The third-order valence-electron chi connectivity index (χ3n) is 5.78. The van der Waals surface area contributed by atoms with Crippen LogP contribution in [-0.2, 0) is 20.9 Å². The minimum absolute atomic E-state index is 0.0254. The smallest absolute Gasteiger partial charge is 0.276 e. The molecule has 2 N–H and O–H groups in total. The largest absolute Gasteiger partial charge is 0.496 e. The van der Waals surface area contributed by atoms with Gasteiger partial charge in [0.25, 0.3) is 9.70 Å². The zero-order valence-corrected chi connectivity index (χ0v) is 23.0. The van der Waals surface area contributed by atoms with Crippen LogP contribution in [0.2, 0.25) is 0 Å². The van der Waals surface area contributed by atoms with E-state index in [0.29, 0.717) is 23.4 Å². The molecule has 0 bridgehead atoms. The first-order chi connectivity index (χ1) is 17.8. The molecule has 1 aliphatic heterocycles. The number of ether oxygens (including phenoxy) is 3. The van der Waals surface area contributed by atoms with Crippen LogP contribution in [0.1, 0.15) is 35.5 Å². The highest BCUT2D eigenvalue weighted by molar-refractivity contribution is 7.99. The molecule has 0 aromatic heterocycles. The van der Waals surface area contributed by atoms with Gasteiger partial charge in [0.05, 0.1) is 25.9 Å². The molecule has 1 fully saturated rings. The number of thioether (sulfide) groups is 1. The number of para-hydroxylation sites is 1. The molecule has 0 spiro atoms. The third kappa shape index (κ3) is 7.54. The molecule has 1 aliphatic rings. The topological polar surface area (TPSA) is 77.0 Å². The molecule has 6 nitrogen and oxygen atoms in total. The number of alkyl halides is 3. The lowest BCUT2D eigenvalue weighted by Crippen LogP contribution is -2.31. The summed E-state index contributed by atoms with van der Waals surface area (Å²) in [5.74, 6) is 0.729. The fourth-order valence-corrected chi connectivity index (χ4v) is 5.10. The average molecular weight is 583 g/mol. The van der Waals surface area contributed by atoms with Crippen molar-refractivity contribution in [1.29, 1.82) is 0 Å². The maximum Gasteiger partial charge on any atom is 0.276 e. The first-order valence-electron chi connectivity index (χ1n) is 11.5. The second-order valence-electron chi connectivity index (χ2n) is 8.39. The van der Waals surface area contributed by atoms with Crippen molar-refractivity contribution in [3.05, 3.63) is 89.5 Å². The van der Waals surface area contributed by atoms with Gasteiger partial charge in [-0.2, -0.15) is 0 Å². The quantitative estimate of drug-likeness (QED) is 0.224. The van der Waals surface area contributed by atoms with Gasteiger partial charge in [0, 0.05) is 28.3 Å². The van der Waals surface area contributed by atoms with Crippen LogP contribution >= 0.6 is 46.6 Å². The number of rotatable bonds is 8. The zero-order chi connectivity index (χ0) is 26.4. The molecule has 0 aliphatic carbocycles. The second kappa shape index (κ2) is 12.7. The summed E-state index contributed by atoms with van der Waals surface area (Å²) in [6.07, 6.45) is -0.435. The number of benzene rings is 3. The lowest BCUT2D eigenvalue weighted by atomic mass is 10.0. The monoisotopic (exact) mass is 581 g/mol. The molecule has 3 aromatic carbocycles. The van der Waals surface area contributed by atoms with Gasteiger partial charge in [0.15, 0.2) is 6.29 Å². The van der Waals surface area contributed by atoms with E-state index in [-0.39, 0.29) is 18.8 Å². The van der Waals surface area contributed by atoms with Crippen molar-refractivity contribution < 1.29 is 24.1 Å².